The van der Waals surface area contributed by atoms with Crippen molar-refractivity contribution in [3.63, 3.8) is 0 Å². The van der Waals surface area contributed by atoms with Crippen LogP contribution in [0.15, 0.2) is 53.5 Å². The van der Waals surface area contributed by atoms with Crippen LogP contribution in [0.1, 0.15) is 16.7 Å². The molecule has 0 saturated carbocycles. The van der Waals surface area contributed by atoms with Gasteiger partial charge in [0.15, 0.2) is 5.96 Å². The molecule has 0 bridgehead atoms. The quantitative estimate of drug-likeness (QED) is 0.600. The van der Waals surface area contributed by atoms with E-state index in [-0.39, 0.29) is 5.82 Å². The van der Waals surface area contributed by atoms with Gasteiger partial charge in [-0.25, -0.2) is 4.39 Å². The van der Waals surface area contributed by atoms with E-state index < -0.39 is 0 Å². The number of guanidine groups is 1. The lowest BCUT2D eigenvalue weighted by Gasteiger charge is -2.16. The van der Waals surface area contributed by atoms with Gasteiger partial charge in [0.05, 0.1) is 0 Å². The van der Waals surface area contributed by atoms with Gasteiger partial charge in [0.1, 0.15) is 5.82 Å². The Morgan fingerprint density at radius 3 is 2.24 bits per heavy atom. The molecule has 0 atom stereocenters. The second-order valence-corrected chi connectivity index (χ2v) is 6.20. The molecule has 0 aliphatic heterocycles. The minimum Gasteiger partial charge on any atom is -0.356 e. The molecule has 0 spiro atoms. The molecule has 0 heterocycles. The molecule has 2 rings (SSSR count). The smallest absolute Gasteiger partial charge is 0.191 e. The Balaban J connectivity index is 1.86. The van der Waals surface area contributed by atoms with E-state index in [9.17, 15) is 4.39 Å². The van der Waals surface area contributed by atoms with Crippen LogP contribution in [-0.4, -0.2) is 38.5 Å². The van der Waals surface area contributed by atoms with Crippen LogP contribution in [0, 0.1) is 5.82 Å². The van der Waals surface area contributed by atoms with E-state index in [1.165, 1.54) is 17.2 Å². The average molecular weight is 342 g/mol. The van der Waals surface area contributed by atoms with Gasteiger partial charge in [-0.2, -0.15) is 0 Å². The van der Waals surface area contributed by atoms with E-state index in [2.05, 4.69) is 52.8 Å². The maximum absolute atomic E-state index is 13.6. The van der Waals surface area contributed by atoms with Crippen LogP contribution in [0.2, 0.25) is 0 Å². The molecule has 2 aromatic carbocycles. The molecular formula is C20H27FN4. The normalized spacial score (nSPS) is 11.6. The largest absolute Gasteiger partial charge is 0.356 e. The van der Waals surface area contributed by atoms with E-state index in [4.69, 9.17) is 0 Å². The van der Waals surface area contributed by atoms with Crippen LogP contribution in [-0.2, 0) is 19.5 Å². The predicted octanol–water partition coefficient (Wildman–Crippen LogP) is 2.80. The molecule has 0 saturated heterocycles. The number of rotatable bonds is 7. The molecule has 0 aromatic heterocycles. The van der Waals surface area contributed by atoms with Gasteiger partial charge in [-0.1, -0.05) is 42.5 Å². The summed E-state index contributed by atoms with van der Waals surface area (Å²) in [6.07, 6.45) is 0.616. The first-order chi connectivity index (χ1) is 12.1. The highest BCUT2D eigenvalue weighted by atomic mass is 19.1. The molecule has 134 valence electrons. The van der Waals surface area contributed by atoms with Crippen molar-refractivity contribution >= 4 is 5.96 Å². The van der Waals surface area contributed by atoms with E-state index in [0.29, 0.717) is 25.1 Å². The van der Waals surface area contributed by atoms with Gasteiger partial charge in [0.25, 0.3) is 0 Å². The number of hydrogen-bond acceptors (Lipinski definition) is 2. The van der Waals surface area contributed by atoms with Crippen molar-refractivity contribution in [2.45, 2.75) is 19.5 Å². The molecule has 25 heavy (non-hydrogen) atoms. The highest BCUT2D eigenvalue weighted by Gasteiger charge is 2.05. The van der Waals surface area contributed by atoms with Gasteiger partial charge in [0.2, 0.25) is 0 Å². The Hall–Kier alpha value is -2.40. The molecule has 2 N–H and O–H groups in total. The van der Waals surface area contributed by atoms with Gasteiger partial charge in [-0.15, -0.1) is 0 Å². The summed E-state index contributed by atoms with van der Waals surface area (Å²) < 4.78 is 13.6. The Labute approximate surface area is 149 Å². The molecule has 0 amide bonds. The minimum absolute atomic E-state index is 0.162. The summed E-state index contributed by atoms with van der Waals surface area (Å²) >= 11 is 0. The van der Waals surface area contributed by atoms with Gasteiger partial charge < -0.3 is 15.5 Å². The van der Waals surface area contributed by atoms with Crippen molar-refractivity contribution in [1.29, 1.82) is 0 Å². The number of nitrogens with zero attached hydrogens (tertiary/aromatic N) is 2. The van der Waals surface area contributed by atoms with E-state index in [1.54, 1.807) is 13.1 Å². The van der Waals surface area contributed by atoms with Crippen LogP contribution in [0.4, 0.5) is 4.39 Å². The number of benzene rings is 2. The lowest BCUT2D eigenvalue weighted by molar-refractivity contribution is 0.400. The predicted molar refractivity (Wildman–Crippen MR) is 102 cm³/mol. The highest BCUT2D eigenvalue weighted by Crippen LogP contribution is 2.10. The van der Waals surface area contributed by atoms with Gasteiger partial charge in [-0.3, -0.25) is 4.99 Å². The summed E-state index contributed by atoms with van der Waals surface area (Å²) in [5.74, 6) is 0.556. The third kappa shape index (κ3) is 6.19. The van der Waals surface area contributed by atoms with Crippen molar-refractivity contribution in [2.24, 2.45) is 4.99 Å². The van der Waals surface area contributed by atoms with E-state index >= 15 is 0 Å². The summed E-state index contributed by atoms with van der Waals surface area (Å²) in [4.78, 5) is 6.39. The van der Waals surface area contributed by atoms with Crippen molar-refractivity contribution in [1.82, 2.24) is 15.5 Å². The Morgan fingerprint density at radius 1 is 0.960 bits per heavy atom. The third-order valence-electron chi connectivity index (χ3n) is 3.92. The fraction of sp³-hybridized carbons (Fsp3) is 0.350. The maximum atomic E-state index is 13.6. The van der Waals surface area contributed by atoms with E-state index in [0.717, 1.165) is 12.5 Å². The summed E-state index contributed by atoms with van der Waals surface area (Å²) in [7, 11) is 5.87. The zero-order valence-corrected chi connectivity index (χ0v) is 15.2. The summed E-state index contributed by atoms with van der Waals surface area (Å²) in [6, 6.07) is 15.2. The van der Waals surface area contributed by atoms with Crippen LogP contribution in [0.5, 0.6) is 0 Å². The molecular weight excluding hydrogens is 315 g/mol. The standard InChI is InChI=1S/C20H27FN4/c1-22-20(23-13-12-16-8-6-7-11-19(16)21)24-14-17-9-4-5-10-18(17)15-25(2)3/h4-11H,12-15H2,1-3H3,(H2,22,23,24). The first-order valence-electron chi connectivity index (χ1n) is 8.49. The molecule has 0 radical (unpaired) electrons. The molecule has 0 aliphatic carbocycles. The van der Waals surface area contributed by atoms with E-state index in [1.807, 2.05) is 18.2 Å². The van der Waals surface area contributed by atoms with Crippen molar-refractivity contribution < 1.29 is 4.39 Å². The summed E-state index contributed by atoms with van der Waals surface area (Å²) in [6.45, 7) is 2.22. The fourth-order valence-electron chi connectivity index (χ4n) is 2.64. The molecule has 0 unspecified atom stereocenters. The van der Waals surface area contributed by atoms with Crippen LogP contribution in [0.3, 0.4) is 0 Å². The minimum atomic E-state index is -0.162. The number of hydrogen-bond donors (Lipinski definition) is 2. The highest BCUT2D eigenvalue weighted by molar-refractivity contribution is 5.79. The molecule has 0 fully saturated rings. The topological polar surface area (TPSA) is 39.7 Å². The SMILES string of the molecule is CN=C(NCCc1ccccc1F)NCc1ccccc1CN(C)C. The molecule has 5 heteroatoms. The van der Waals surface area contributed by atoms with Crippen molar-refractivity contribution in [3.05, 3.63) is 71.0 Å². The van der Waals surface area contributed by atoms with Crippen LogP contribution in [0.25, 0.3) is 0 Å². The third-order valence-corrected chi connectivity index (χ3v) is 3.92. The Kier molecular flexibility index (Phi) is 7.41. The average Bonchev–Trinajstić information content (AvgIpc) is 2.60. The molecule has 0 aliphatic rings. The second kappa shape index (κ2) is 9.79. The monoisotopic (exact) mass is 342 g/mol. The number of aliphatic imine (C=N–C) groups is 1. The zero-order chi connectivity index (χ0) is 18.1. The number of nitrogens with one attached hydrogen (secondary N) is 2. The van der Waals surface area contributed by atoms with Crippen molar-refractivity contribution in [2.75, 3.05) is 27.7 Å². The van der Waals surface area contributed by atoms with Crippen LogP contribution < -0.4 is 10.6 Å². The lowest BCUT2D eigenvalue weighted by atomic mass is 10.1. The fourth-order valence-corrected chi connectivity index (χ4v) is 2.64. The zero-order valence-electron chi connectivity index (χ0n) is 15.2. The summed E-state index contributed by atoms with van der Waals surface area (Å²) in [5.41, 5.74) is 3.25. The number of halogens is 1. The first kappa shape index (κ1) is 18.9. The van der Waals surface area contributed by atoms with Gasteiger partial charge in [0, 0.05) is 26.7 Å². The van der Waals surface area contributed by atoms with Crippen LogP contribution >= 0.6 is 0 Å². The second-order valence-electron chi connectivity index (χ2n) is 6.20. The van der Waals surface area contributed by atoms with Crippen molar-refractivity contribution in [3.8, 4) is 0 Å². The molecule has 2 aromatic rings. The first-order valence-corrected chi connectivity index (χ1v) is 8.49. The Bertz CT molecular complexity index is 698. The lowest BCUT2D eigenvalue weighted by Crippen LogP contribution is -2.38. The summed E-state index contributed by atoms with van der Waals surface area (Å²) in [5, 5.41) is 6.56. The van der Waals surface area contributed by atoms with Gasteiger partial charge >= 0.3 is 0 Å². The Morgan fingerprint density at radius 2 is 1.60 bits per heavy atom. The van der Waals surface area contributed by atoms with Gasteiger partial charge in [-0.05, 0) is 43.3 Å². The maximum Gasteiger partial charge on any atom is 0.191 e. The molecule has 4 nitrogen and oxygen atoms in total.